The van der Waals surface area contributed by atoms with Crippen molar-refractivity contribution >= 4 is 23.0 Å². The van der Waals surface area contributed by atoms with Crippen molar-refractivity contribution in [2.75, 3.05) is 0 Å². The van der Waals surface area contributed by atoms with Gasteiger partial charge < -0.3 is 5.11 Å². The standard InChI is InChI=1S/C16H14F3N3O2S/c1-2-12-7-10(9-25-12)14(23)22-15(24,11-3-5-20-6-4-11)8-13(21-22)16(17,18)19/h3-7,9,24H,2,8H2,1H3. The molecule has 1 unspecified atom stereocenters. The average molecular weight is 369 g/mol. The molecule has 5 nitrogen and oxygen atoms in total. The van der Waals surface area contributed by atoms with Gasteiger partial charge in [-0.1, -0.05) is 6.92 Å². The minimum absolute atomic E-state index is 0.116. The molecule has 3 heterocycles. The van der Waals surface area contributed by atoms with E-state index in [0.717, 1.165) is 4.88 Å². The molecule has 1 amide bonds. The zero-order chi connectivity index (χ0) is 18.2. The van der Waals surface area contributed by atoms with E-state index in [4.69, 9.17) is 0 Å². The fourth-order valence-electron chi connectivity index (χ4n) is 2.56. The van der Waals surface area contributed by atoms with E-state index in [2.05, 4.69) is 10.1 Å². The number of hydrogen-bond donors (Lipinski definition) is 1. The van der Waals surface area contributed by atoms with Crippen molar-refractivity contribution in [1.82, 2.24) is 9.99 Å². The third-order valence-corrected chi connectivity index (χ3v) is 4.98. The largest absolute Gasteiger partial charge is 0.431 e. The number of hydrogen-bond acceptors (Lipinski definition) is 5. The first-order valence-corrected chi connectivity index (χ1v) is 8.33. The number of rotatable bonds is 3. The Labute approximate surface area is 145 Å². The molecule has 0 fully saturated rings. The van der Waals surface area contributed by atoms with E-state index in [-0.39, 0.29) is 11.1 Å². The Hall–Kier alpha value is -2.26. The van der Waals surface area contributed by atoms with Gasteiger partial charge in [-0.05, 0) is 24.6 Å². The monoisotopic (exact) mass is 369 g/mol. The maximum Gasteiger partial charge on any atom is 0.431 e. The maximum atomic E-state index is 13.1. The van der Waals surface area contributed by atoms with E-state index in [1.807, 2.05) is 6.92 Å². The Morgan fingerprint density at radius 3 is 2.64 bits per heavy atom. The molecular weight excluding hydrogens is 355 g/mol. The molecule has 0 aromatic carbocycles. The molecule has 1 N–H and O–H groups in total. The smallest absolute Gasteiger partial charge is 0.365 e. The summed E-state index contributed by atoms with van der Waals surface area (Å²) in [6, 6.07) is 4.32. The van der Waals surface area contributed by atoms with Crippen LogP contribution in [0.15, 0.2) is 41.1 Å². The summed E-state index contributed by atoms with van der Waals surface area (Å²) in [5.74, 6) is -0.783. The van der Waals surface area contributed by atoms with Gasteiger partial charge in [-0.2, -0.15) is 23.3 Å². The molecule has 2 aromatic heterocycles. The third-order valence-electron chi connectivity index (χ3n) is 3.90. The highest BCUT2D eigenvalue weighted by Crippen LogP contribution is 2.40. The lowest BCUT2D eigenvalue weighted by Crippen LogP contribution is -2.43. The Kier molecular flexibility index (Phi) is 4.38. The zero-order valence-electron chi connectivity index (χ0n) is 13.1. The minimum Gasteiger partial charge on any atom is -0.365 e. The predicted molar refractivity (Wildman–Crippen MR) is 86.1 cm³/mol. The van der Waals surface area contributed by atoms with Crippen LogP contribution in [0.4, 0.5) is 13.2 Å². The number of hydrazone groups is 1. The molecule has 0 saturated carbocycles. The lowest BCUT2D eigenvalue weighted by atomic mass is 9.97. The number of aromatic nitrogens is 1. The van der Waals surface area contributed by atoms with Gasteiger partial charge in [0.1, 0.15) is 5.71 Å². The van der Waals surface area contributed by atoms with E-state index in [9.17, 15) is 23.1 Å². The van der Waals surface area contributed by atoms with Crippen LogP contribution in [0.25, 0.3) is 0 Å². The summed E-state index contributed by atoms with van der Waals surface area (Å²) in [5, 5.41) is 16.4. The van der Waals surface area contributed by atoms with Gasteiger partial charge in [0.25, 0.3) is 5.91 Å². The van der Waals surface area contributed by atoms with Gasteiger partial charge in [-0.3, -0.25) is 9.78 Å². The molecule has 0 bridgehead atoms. The molecule has 132 valence electrons. The van der Waals surface area contributed by atoms with Crippen molar-refractivity contribution in [3.05, 3.63) is 52.0 Å². The predicted octanol–water partition coefficient (Wildman–Crippen LogP) is 3.32. The second-order valence-electron chi connectivity index (χ2n) is 5.55. The molecular formula is C16H14F3N3O2S. The van der Waals surface area contributed by atoms with Gasteiger partial charge in [0.15, 0.2) is 5.72 Å². The highest BCUT2D eigenvalue weighted by atomic mass is 32.1. The number of halogens is 3. The summed E-state index contributed by atoms with van der Waals surface area (Å²) in [7, 11) is 0. The zero-order valence-corrected chi connectivity index (χ0v) is 13.9. The fraction of sp³-hybridized carbons (Fsp3) is 0.312. The van der Waals surface area contributed by atoms with Gasteiger partial charge in [-0.25, -0.2) is 0 Å². The first-order chi connectivity index (χ1) is 11.8. The number of aliphatic hydroxyl groups is 1. The Morgan fingerprint density at radius 2 is 2.08 bits per heavy atom. The van der Waals surface area contributed by atoms with Crippen LogP contribution in [0.2, 0.25) is 0 Å². The van der Waals surface area contributed by atoms with Crippen molar-refractivity contribution in [1.29, 1.82) is 0 Å². The number of nitrogens with zero attached hydrogens (tertiary/aromatic N) is 3. The van der Waals surface area contributed by atoms with Gasteiger partial charge in [0.05, 0.1) is 12.0 Å². The van der Waals surface area contributed by atoms with Crippen molar-refractivity contribution in [3.8, 4) is 0 Å². The van der Waals surface area contributed by atoms with Crippen molar-refractivity contribution in [2.45, 2.75) is 31.7 Å². The number of thiophene rings is 1. The second kappa shape index (κ2) is 6.23. The number of amides is 1. The van der Waals surface area contributed by atoms with Crippen LogP contribution in [0.5, 0.6) is 0 Å². The molecule has 25 heavy (non-hydrogen) atoms. The van der Waals surface area contributed by atoms with Crippen molar-refractivity contribution in [2.24, 2.45) is 5.10 Å². The number of pyridine rings is 1. The van der Waals surface area contributed by atoms with E-state index in [1.54, 1.807) is 11.4 Å². The highest BCUT2D eigenvalue weighted by Gasteiger charge is 2.53. The molecule has 0 spiro atoms. The lowest BCUT2D eigenvalue weighted by molar-refractivity contribution is -0.0816. The molecule has 0 radical (unpaired) electrons. The molecule has 1 atom stereocenters. The van der Waals surface area contributed by atoms with Crippen LogP contribution in [-0.4, -0.2) is 32.9 Å². The quantitative estimate of drug-likeness (QED) is 0.903. The summed E-state index contributed by atoms with van der Waals surface area (Å²) < 4.78 is 39.4. The Bertz CT molecular complexity index is 820. The Morgan fingerprint density at radius 1 is 1.40 bits per heavy atom. The van der Waals surface area contributed by atoms with Gasteiger partial charge in [0.2, 0.25) is 0 Å². The minimum atomic E-state index is -4.74. The van der Waals surface area contributed by atoms with Crippen molar-refractivity contribution < 1.29 is 23.1 Å². The van der Waals surface area contributed by atoms with E-state index in [0.29, 0.717) is 11.4 Å². The first kappa shape index (κ1) is 17.6. The molecule has 1 aliphatic rings. The molecule has 0 aliphatic carbocycles. The van der Waals surface area contributed by atoms with Crippen LogP contribution in [0, 0.1) is 0 Å². The molecule has 1 aliphatic heterocycles. The number of alkyl halides is 3. The van der Waals surface area contributed by atoms with Crippen LogP contribution in [0.3, 0.4) is 0 Å². The normalized spacial score (nSPS) is 20.7. The second-order valence-corrected chi connectivity index (χ2v) is 6.54. The highest BCUT2D eigenvalue weighted by molar-refractivity contribution is 7.10. The molecule has 9 heteroatoms. The topological polar surface area (TPSA) is 65.8 Å². The summed E-state index contributed by atoms with van der Waals surface area (Å²) >= 11 is 1.33. The summed E-state index contributed by atoms with van der Waals surface area (Å²) in [5.41, 5.74) is -3.10. The molecule has 3 rings (SSSR count). The van der Waals surface area contributed by atoms with Gasteiger partial charge in [0, 0.05) is 28.2 Å². The van der Waals surface area contributed by atoms with Gasteiger partial charge >= 0.3 is 6.18 Å². The van der Waals surface area contributed by atoms with Gasteiger partial charge in [-0.15, -0.1) is 11.3 Å². The van der Waals surface area contributed by atoms with Crippen LogP contribution in [-0.2, 0) is 12.1 Å². The number of aryl methyl sites for hydroxylation is 1. The van der Waals surface area contributed by atoms with E-state index >= 15 is 0 Å². The van der Waals surface area contributed by atoms with Crippen LogP contribution in [0.1, 0.15) is 34.1 Å². The lowest BCUT2D eigenvalue weighted by Gasteiger charge is -2.31. The van der Waals surface area contributed by atoms with Crippen molar-refractivity contribution in [3.63, 3.8) is 0 Å². The van der Waals surface area contributed by atoms with E-state index in [1.165, 1.54) is 35.9 Å². The fourth-order valence-corrected chi connectivity index (χ4v) is 3.37. The summed E-state index contributed by atoms with van der Waals surface area (Å²) in [6.45, 7) is 1.91. The number of carbonyl (C=O) groups excluding carboxylic acids is 1. The third kappa shape index (κ3) is 3.16. The molecule has 0 saturated heterocycles. The summed E-state index contributed by atoms with van der Waals surface area (Å²) in [6.07, 6.45) is -2.21. The van der Waals surface area contributed by atoms with Crippen LogP contribution < -0.4 is 0 Å². The first-order valence-electron chi connectivity index (χ1n) is 7.45. The van der Waals surface area contributed by atoms with E-state index < -0.39 is 29.9 Å². The maximum absolute atomic E-state index is 13.1. The van der Waals surface area contributed by atoms with Crippen LogP contribution >= 0.6 is 11.3 Å². The SMILES string of the molecule is CCc1cc(C(=O)N2N=C(C(F)(F)F)CC2(O)c2ccncc2)cs1. The Balaban J connectivity index is 2.04. The summed E-state index contributed by atoms with van der Waals surface area (Å²) in [4.78, 5) is 17.4. The number of carbonyl (C=O) groups is 1. The average Bonchev–Trinajstić information content (AvgIpc) is 3.20. The molecule has 2 aromatic rings.